The molecule has 0 aromatic heterocycles. The standard InChI is InChI=1S/C8H8Cl3NO4/c1-3(13)5-4(2)16-7(12(14)15)6(5)8(9,10)11/h6-7H,1-2H3. The van der Waals surface area contributed by atoms with Gasteiger partial charge in [-0.25, -0.2) is 0 Å². The van der Waals surface area contributed by atoms with Crippen LogP contribution < -0.4 is 0 Å². The second-order valence-electron chi connectivity index (χ2n) is 3.34. The molecule has 8 heteroatoms. The quantitative estimate of drug-likeness (QED) is 0.444. The minimum absolute atomic E-state index is 0.0571. The van der Waals surface area contributed by atoms with Gasteiger partial charge in [0.25, 0.3) is 0 Å². The Labute approximate surface area is 106 Å². The van der Waals surface area contributed by atoms with Crippen molar-refractivity contribution in [3.63, 3.8) is 0 Å². The summed E-state index contributed by atoms with van der Waals surface area (Å²) >= 11 is 16.9. The van der Waals surface area contributed by atoms with Crippen LogP contribution in [-0.4, -0.2) is 20.7 Å². The Morgan fingerprint density at radius 1 is 1.50 bits per heavy atom. The average Bonchev–Trinajstić information content (AvgIpc) is 2.41. The first-order valence-corrected chi connectivity index (χ1v) is 5.38. The van der Waals surface area contributed by atoms with E-state index in [1.807, 2.05) is 0 Å². The molecule has 0 saturated heterocycles. The molecule has 5 nitrogen and oxygen atoms in total. The molecule has 1 rings (SSSR count). The molecule has 0 radical (unpaired) electrons. The third-order valence-electron chi connectivity index (χ3n) is 2.21. The van der Waals surface area contributed by atoms with E-state index >= 15 is 0 Å². The number of rotatable bonds is 2. The molecule has 2 unspecified atom stereocenters. The summed E-state index contributed by atoms with van der Waals surface area (Å²) in [5.74, 6) is -1.46. The summed E-state index contributed by atoms with van der Waals surface area (Å²) in [5.41, 5.74) is 0.0571. The van der Waals surface area contributed by atoms with E-state index in [1.165, 1.54) is 13.8 Å². The van der Waals surface area contributed by atoms with Crippen LogP contribution in [0.15, 0.2) is 11.3 Å². The summed E-state index contributed by atoms with van der Waals surface area (Å²) in [6, 6.07) is 0. The van der Waals surface area contributed by atoms with Crippen LogP contribution in [0.2, 0.25) is 0 Å². The number of alkyl halides is 3. The van der Waals surface area contributed by atoms with Crippen LogP contribution in [-0.2, 0) is 9.53 Å². The van der Waals surface area contributed by atoms with Crippen molar-refractivity contribution < 1.29 is 14.5 Å². The molecule has 0 N–H and O–H groups in total. The van der Waals surface area contributed by atoms with Crippen LogP contribution in [0.3, 0.4) is 0 Å². The molecule has 1 aliphatic rings. The van der Waals surface area contributed by atoms with Gasteiger partial charge in [-0.2, -0.15) is 0 Å². The lowest BCUT2D eigenvalue weighted by atomic mass is 9.97. The highest BCUT2D eigenvalue weighted by atomic mass is 35.6. The topological polar surface area (TPSA) is 69.4 Å². The zero-order valence-corrected chi connectivity index (χ0v) is 10.6. The fourth-order valence-corrected chi connectivity index (χ4v) is 2.28. The number of nitro groups is 1. The molecule has 2 atom stereocenters. The minimum Gasteiger partial charge on any atom is -0.434 e. The van der Waals surface area contributed by atoms with Crippen molar-refractivity contribution in [1.82, 2.24) is 0 Å². The van der Waals surface area contributed by atoms with Crippen LogP contribution in [0, 0.1) is 16.0 Å². The van der Waals surface area contributed by atoms with Crippen molar-refractivity contribution >= 4 is 40.6 Å². The smallest absolute Gasteiger partial charge is 0.364 e. The lowest BCUT2D eigenvalue weighted by Gasteiger charge is -2.20. The van der Waals surface area contributed by atoms with E-state index in [9.17, 15) is 14.9 Å². The fourth-order valence-electron chi connectivity index (χ4n) is 1.63. The number of allylic oxidation sites excluding steroid dienone is 1. The number of hydrogen-bond donors (Lipinski definition) is 0. The summed E-state index contributed by atoms with van der Waals surface area (Å²) < 4.78 is 2.98. The van der Waals surface area contributed by atoms with Gasteiger partial charge in [0.05, 0.1) is 10.5 Å². The molecule has 0 aromatic carbocycles. The molecule has 0 aliphatic carbocycles. The first kappa shape index (κ1) is 13.5. The van der Waals surface area contributed by atoms with E-state index in [1.54, 1.807) is 0 Å². The van der Waals surface area contributed by atoms with Crippen molar-refractivity contribution in [3.8, 4) is 0 Å². The summed E-state index contributed by atoms with van der Waals surface area (Å²) in [7, 11) is 0. The number of halogens is 3. The number of ketones is 1. The molecule has 0 spiro atoms. The fraction of sp³-hybridized carbons (Fsp3) is 0.625. The van der Waals surface area contributed by atoms with Gasteiger partial charge < -0.3 is 4.74 Å². The summed E-state index contributed by atoms with van der Waals surface area (Å²) in [6.07, 6.45) is -1.54. The highest BCUT2D eigenvalue weighted by Gasteiger charge is 2.55. The SMILES string of the molecule is CC(=O)C1=C(C)OC([N+](=O)[O-])C1C(Cl)(Cl)Cl. The molecule has 90 valence electrons. The molecule has 0 fully saturated rings. The van der Waals surface area contributed by atoms with Crippen LogP contribution in [0.25, 0.3) is 0 Å². The number of carbonyl (C=O) groups excluding carboxylic acids is 1. The Kier molecular flexibility index (Phi) is 3.72. The molecule has 1 heterocycles. The van der Waals surface area contributed by atoms with Crippen LogP contribution >= 0.6 is 34.8 Å². The number of Topliss-reactive ketones (excluding diaryl/α,β-unsaturated/α-hetero) is 1. The van der Waals surface area contributed by atoms with Crippen molar-refractivity contribution in [2.75, 3.05) is 0 Å². The molecule has 16 heavy (non-hydrogen) atoms. The van der Waals surface area contributed by atoms with Gasteiger partial charge in [0.2, 0.25) is 3.79 Å². The predicted octanol–water partition coefficient (Wildman–Crippen LogP) is 2.47. The average molecular weight is 289 g/mol. The van der Waals surface area contributed by atoms with Gasteiger partial charge in [0.1, 0.15) is 11.7 Å². The number of nitrogens with zero attached hydrogens (tertiary/aromatic N) is 1. The van der Waals surface area contributed by atoms with Gasteiger partial charge >= 0.3 is 6.23 Å². The molecule has 0 amide bonds. The van der Waals surface area contributed by atoms with Crippen molar-refractivity contribution in [2.45, 2.75) is 23.9 Å². The van der Waals surface area contributed by atoms with E-state index in [0.717, 1.165) is 0 Å². The monoisotopic (exact) mass is 287 g/mol. The maximum absolute atomic E-state index is 11.3. The van der Waals surface area contributed by atoms with E-state index in [4.69, 9.17) is 39.5 Å². The lowest BCUT2D eigenvalue weighted by molar-refractivity contribution is -0.575. The zero-order chi connectivity index (χ0) is 12.7. The van der Waals surface area contributed by atoms with Gasteiger partial charge in [0, 0.05) is 0 Å². The van der Waals surface area contributed by atoms with Crippen molar-refractivity contribution in [2.24, 2.45) is 5.92 Å². The largest absolute Gasteiger partial charge is 0.434 e. The Morgan fingerprint density at radius 3 is 2.31 bits per heavy atom. The van der Waals surface area contributed by atoms with Crippen LogP contribution in [0.4, 0.5) is 0 Å². The summed E-state index contributed by atoms with van der Waals surface area (Å²) in [4.78, 5) is 21.4. The third-order valence-corrected chi connectivity index (χ3v) is 2.92. The minimum atomic E-state index is -1.96. The second kappa shape index (κ2) is 4.39. The van der Waals surface area contributed by atoms with Gasteiger partial charge in [-0.1, -0.05) is 34.8 Å². The molecule has 1 aliphatic heterocycles. The molecule has 0 saturated carbocycles. The maximum atomic E-state index is 11.3. The van der Waals surface area contributed by atoms with Crippen molar-refractivity contribution in [1.29, 1.82) is 0 Å². The number of hydrogen-bond acceptors (Lipinski definition) is 4. The van der Waals surface area contributed by atoms with Gasteiger partial charge in [-0.05, 0) is 13.8 Å². The Hall–Kier alpha value is -0.520. The highest BCUT2D eigenvalue weighted by molar-refractivity contribution is 6.68. The first-order chi connectivity index (χ1) is 7.16. The van der Waals surface area contributed by atoms with Gasteiger partial charge in [-0.15, -0.1) is 0 Å². The lowest BCUT2D eigenvalue weighted by Crippen LogP contribution is -2.37. The molecular weight excluding hydrogens is 280 g/mol. The molecular formula is C8H8Cl3NO4. The van der Waals surface area contributed by atoms with Crippen molar-refractivity contribution in [3.05, 3.63) is 21.4 Å². The van der Waals surface area contributed by atoms with E-state index in [0.29, 0.717) is 0 Å². The summed E-state index contributed by atoms with van der Waals surface area (Å²) in [5, 5.41) is 10.7. The van der Waals surface area contributed by atoms with E-state index in [2.05, 4.69) is 0 Å². The van der Waals surface area contributed by atoms with E-state index in [-0.39, 0.29) is 11.3 Å². The second-order valence-corrected chi connectivity index (χ2v) is 5.71. The Morgan fingerprint density at radius 2 is 2.00 bits per heavy atom. The first-order valence-electron chi connectivity index (χ1n) is 4.24. The molecule has 0 bridgehead atoms. The van der Waals surface area contributed by atoms with Gasteiger partial charge in [-0.3, -0.25) is 14.9 Å². The maximum Gasteiger partial charge on any atom is 0.364 e. The summed E-state index contributed by atoms with van der Waals surface area (Å²) in [6.45, 7) is 2.68. The third kappa shape index (κ3) is 2.42. The van der Waals surface area contributed by atoms with Gasteiger partial charge in [0.15, 0.2) is 5.78 Å². The zero-order valence-electron chi connectivity index (χ0n) is 8.37. The Bertz CT molecular complexity index is 374. The Balaban J connectivity index is 3.21. The highest BCUT2D eigenvalue weighted by Crippen LogP contribution is 2.47. The van der Waals surface area contributed by atoms with E-state index < -0.39 is 26.6 Å². The number of carbonyl (C=O) groups is 1. The molecule has 0 aromatic rings. The van der Waals surface area contributed by atoms with Crippen LogP contribution in [0.5, 0.6) is 0 Å². The predicted molar refractivity (Wildman–Crippen MR) is 59.0 cm³/mol. The van der Waals surface area contributed by atoms with Crippen LogP contribution in [0.1, 0.15) is 13.8 Å². The number of ether oxygens (including phenoxy) is 1. The normalized spacial score (nSPS) is 25.6.